The lowest BCUT2D eigenvalue weighted by atomic mass is 9.69. The second-order valence-electron chi connectivity index (χ2n) is 4.71. The van der Waals surface area contributed by atoms with Crippen molar-refractivity contribution >= 4 is 0 Å². The van der Waals surface area contributed by atoms with E-state index < -0.39 is 5.82 Å². The van der Waals surface area contributed by atoms with Crippen LogP contribution < -0.4 is 5.73 Å². The van der Waals surface area contributed by atoms with Crippen LogP contribution >= 0.6 is 0 Å². The zero-order valence-corrected chi connectivity index (χ0v) is 9.38. The van der Waals surface area contributed by atoms with E-state index in [2.05, 4.69) is 0 Å². The Balaban J connectivity index is 2.35. The van der Waals surface area contributed by atoms with Crippen LogP contribution in [0.25, 0.3) is 0 Å². The Hall–Kier alpha value is -1.09. The van der Waals surface area contributed by atoms with Crippen LogP contribution in [-0.4, -0.2) is 11.7 Å². The second kappa shape index (κ2) is 4.42. The molecule has 1 aromatic carbocycles. The number of benzene rings is 1. The summed E-state index contributed by atoms with van der Waals surface area (Å²) in [6.45, 7) is 0.553. The monoisotopic (exact) mass is 223 g/mol. The average molecular weight is 223 g/mol. The molecule has 88 valence electrons. The molecular formula is C13H18FNO. The Labute approximate surface area is 95.3 Å². The minimum Gasteiger partial charge on any atom is -0.505 e. The van der Waals surface area contributed by atoms with E-state index in [4.69, 9.17) is 5.73 Å². The Bertz CT molecular complexity index is 372. The van der Waals surface area contributed by atoms with E-state index in [1.807, 2.05) is 0 Å². The minimum atomic E-state index is -0.545. The molecule has 0 heterocycles. The molecule has 1 aliphatic rings. The predicted molar refractivity (Wildman–Crippen MR) is 61.9 cm³/mol. The van der Waals surface area contributed by atoms with E-state index in [0.29, 0.717) is 6.54 Å². The van der Waals surface area contributed by atoms with Gasteiger partial charge in [0.25, 0.3) is 0 Å². The quantitative estimate of drug-likeness (QED) is 0.809. The number of aromatic hydroxyl groups is 1. The highest BCUT2D eigenvalue weighted by atomic mass is 19.1. The van der Waals surface area contributed by atoms with Gasteiger partial charge in [-0.3, -0.25) is 0 Å². The Morgan fingerprint density at radius 1 is 1.25 bits per heavy atom. The van der Waals surface area contributed by atoms with Gasteiger partial charge in [0.05, 0.1) is 0 Å². The fourth-order valence-corrected chi connectivity index (χ4v) is 2.68. The third-order valence-electron chi connectivity index (χ3n) is 3.76. The van der Waals surface area contributed by atoms with Gasteiger partial charge < -0.3 is 10.8 Å². The highest BCUT2D eigenvalue weighted by Gasteiger charge is 2.32. The summed E-state index contributed by atoms with van der Waals surface area (Å²) in [6.07, 6.45) is 5.59. The smallest absolute Gasteiger partial charge is 0.165 e. The second-order valence-corrected chi connectivity index (χ2v) is 4.71. The first-order valence-electron chi connectivity index (χ1n) is 5.87. The van der Waals surface area contributed by atoms with Gasteiger partial charge in [-0.2, -0.15) is 0 Å². The van der Waals surface area contributed by atoms with E-state index in [-0.39, 0.29) is 11.2 Å². The molecule has 0 radical (unpaired) electrons. The van der Waals surface area contributed by atoms with Gasteiger partial charge in [0.1, 0.15) is 0 Å². The van der Waals surface area contributed by atoms with Crippen LogP contribution in [0.4, 0.5) is 4.39 Å². The standard InChI is InChI=1S/C13H18FNO/c14-11-8-10(4-5-12(11)16)13(9-15)6-2-1-3-7-13/h4-5,8,16H,1-3,6-7,9,15H2. The Kier molecular flexibility index (Phi) is 3.15. The fraction of sp³-hybridized carbons (Fsp3) is 0.538. The third-order valence-corrected chi connectivity index (χ3v) is 3.76. The zero-order valence-electron chi connectivity index (χ0n) is 9.38. The molecule has 2 rings (SSSR count). The zero-order chi connectivity index (χ0) is 11.6. The van der Waals surface area contributed by atoms with Crippen molar-refractivity contribution in [1.82, 2.24) is 0 Å². The number of halogens is 1. The van der Waals surface area contributed by atoms with Gasteiger partial charge in [0.15, 0.2) is 11.6 Å². The molecule has 0 atom stereocenters. The number of hydrogen-bond acceptors (Lipinski definition) is 2. The molecule has 0 bridgehead atoms. The normalized spacial score (nSPS) is 19.6. The van der Waals surface area contributed by atoms with Gasteiger partial charge in [-0.15, -0.1) is 0 Å². The number of phenolic OH excluding ortho intramolecular Hbond substituents is 1. The van der Waals surface area contributed by atoms with Gasteiger partial charge in [-0.05, 0) is 30.5 Å². The summed E-state index contributed by atoms with van der Waals surface area (Å²) in [7, 11) is 0. The molecule has 1 aliphatic carbocycles. The Morgan fingerprint density at radius 2 is 1.94 bits per heavy atom. The molecule has 3 heteroatoms. The summed E-state index contributed by atoms with van der Waals surface area (Å²) in [5, 5.41) is 9.19. The van der Waals surface area contributed by atoms with Crippen LogP contribution in [0.5, 0.6) is 5.75 Å². The summed E-state index contributed by atoms with van der Waals surface area (Å²) >= 11 is 0. The largest absolute Gasteiger partial charge is 0.505 e. The molecule has 2 nitrogen and oxygen atoms in total. The highest BCUT2D eigenvalue weighted by molar-refractivity contribution is 5.33. The van der Waals surface area contributed by atoms with Crippen LogP contribution in [0.3, 0.4) is 0 Å². The van der Waals surface area contributed by atoms with Gasteiger partial charge in [0, 0.05) is 12.0 Å². The van der Waals surface area contributed by atoms with Crippen molar-refractivity contribution in [2.45, 2.75) is 37.5 Å². The molecule has 0 aromatic heterocycles. The van der Waals surface area contributed by atoms with E-state index >= 15 is 0 Å². The average Bonchev–Trinajstić information content (AvgIpc) is 2.33. The molecular weight excluding hydrogens is 205 g/mol. The number of rotatable bonds is 2. The van der Waals surface area contributed by atoms with Crippen molar-refractivity contribution in [3.05, 3.63) is 29.6 Å². The van der Waals surface area contributed by atoms with Crippen molar-refractivity contribution < 1.29 is 9.50 Å². The summed E-state index contributed by atoms with van der Waals surface area (Å²) in [6, 6.07) is 4.67. The summed E-state index contributed by atoms with van der Waals surface area (Å²) in [4.78, 5) is 0. The SMILES string of the molecule is NCC1(c2ccc(O)c(F)c2)CCCCC1. The molecule has 3 N–H and O–H groups in total. The molecule has 1 fully saturated rings. The highest BCUT2D eigenvalue weighted by Crippen LogP contribution is 2.39. The molecule has 1 saturated carbocycles. The van der Waals surface area contributed by atoms with E-state index in [1.165, 1.54) is 18.6 Å². The van der Waals surface area contributed by atoms with Gasteiger partial charge >= 0.3 is 0 Å². The lowest BCUT2D eigenvalue weighted by molar-refractivity contribution is 0.299. The van der Waals surface area contributed by atoms with Crippen LogP contribution in [0.1, 0.15) is 37.7 Å². The van der Waals surface area contributed by atoms with Crippen molar-refractivity contribution in [3.8, 4) is 5.75 Å². The fourth-order valence-electron chi connectivity index (χ4n) is 2.68. The lowest BCUT2D eigenvalue weighted by Crippen LogP contribution is -2.37. The topological polar surface area (TPSA) is 46.2 Å². The van der Waals surface area contributed by atoms with Gasteiger partial charge in [-0.25, -0.2) is 4.39 Å². The molecule has 0 aliphatic heterocycles. The number of hydrogen-bond donors (Lipinski definition) is 2. The first-order chi connectivity index (χ1) is 7.68. The molecule has 0 unspecified atom stereocenters. The van der Waals surface area contributed by atoms with Crippen molar-refractivity contribution in [2.24, 2.45) is 5.73 Å². The molecule has 0 spiro atoms. The third kappa shape index (κ3) is 1.92. The number of phenols is 1. The predicted octanol–water partition coefficient (Wildman–Crippen LogP) is 2.69. The summed E-state index contributed by atoms with van der Waals surface area (Å²) in [5.74, 6) is -0.831. The van der Waals surface area contributed by atoms with Crippen LogP contribution in [0, 0.1) is 5.82 Å². The minimum absolute atomic E-state index is 0.0766. The van der Waals surface area contributed by atoms with Crippen molar-refractivity contribution in [2.75, 3.05) is 6.54 Å². The van der Waals surface area contributed by atoms with Crippen LogP contribution in [0.15, 0.2) is 18.2 Å². The van der Waals surface area contributed by atoms with Crippen molar-refractivity contribution in [3.63, 3.8) is 0 Å². The van der Waals surface area contributed by atoms with Crippen molar-refractivity contribution in [1.29, 1.82) is 0 Å². The Morgan fingerprint density at radius 3 is 2.50 bits per heavy atom. The van der Waals surface area contributed by atoms with E-state index in [1.54, 1.807) is 6.07 Å². The lowest BCUT2D eigenvalue weighted by Gasteiger charge is -2.36. The molecule has 1 aromatic rings. The van der Waals surface area contributed by atoms with E-state index in [0.717, 1.165) is 31.2 Å². The maximum absolute atomic E-state index is 13.3. The van der Waals surface area contributed by atoms with Crippen LogP contribution in [-0.2, 0) is 5.41 Å². The van der Waals surface area contributed by atoms with E-state index in [9.17, 15) is 9.50 Å². The summed E-state index contributed by atoms with van der Waals surface area (Å²) < 4.78 is 13.3. The maximum Gasteiger partial charge on any atom is 0.165 e. The molecule has 16 heavy (non-hydrogen) atoms. The number of nitrogens with two attached hydrogens (primary N) is 1. The molecule has 0 saturated heterocycles. The maximum atomic E-state index is 13.3. The first-order valence-corrected chi connectivity index (χ1v) is 5.87. The van der Waals surface area contributed by atoms with Gasteiger partial charge in [0.2, 0.25) is 0 Å². The first kappa shape index (κ1) is 11.4. The summed E-state index contributed by atoms with van der Waals surface area (Å²) in [5.41, 5.74) is 6.73. The van der Waals surface area contributed by atoms with Crippen LogP contribution in [0.2, 0.25) is 0 Å². The van der Waals surface area contributed by atoms with Gasteiger partial charge in [-0.1, -0.05) is 25.3 Å². The molecule has 0 amide bonds.